The summed E-state index contributed by atoms with van der Waals surface area (Å²) < 4.78 is 17.9. The van der Waals surface area contributed by atoms with Gasteiger partial charge < -0.3 is 19.5 Å². The molecule has 0 saturated carbocycles. The molecule has 6 nitrogen and oxygen atoms in total. The lowest BCUT2D eigenvalue weighted by Crippen LogP contribution is -2.34. The molecular formula is C22H25BrN2O4S. The van der Waals surface area contributed by atoms with Gasteiger partial charge in [0.15, 0.2) is 5.11 Å². The van der Waals surface area contributed by atoms with E-state index in [1.807, 2.05) is 38.1 Å². The topological polar surface area (TPSA) is 68.8 Å². The molecule has 1 fully saturated rings. The van der Waals surface area contributed by atoms with Crippen LogP contribution in [0.2, 0.25) is 0 Å². The molecule has 1 aliphatic rings. The molecule has 2 N–H and O–H groups in total. The summed E-state index contributed by atoms with van der Waals surface area (Å²) >= 11 is 8.76. The summed E-state index contributed by atoms with van der Waals surface area (Å²) in [5, 5.41) is 5.92. The molecule has 3 rings (SSSR count). The Hall–Kier alpha value is -2.16. The Balaban J connectivity index is 1.58. The first-order valence-corrected chi connectivity index (χ1v) is 11.0. The molecule has 2 aromatic carbocycles. The van der Waals surface area contributed by atoms with Crippen LogP contribution in [0.5, 0.6) is 11.5 Å². The Morgan fingerprint density at radius 2 is 2.07 bits per heavy atom. The van der Waals surface area contributed by atoms with Crippen molar-refractivity contribution in [3.63, 3.8) is 0 Å². The molecule has 30 heavy (non-hydrogen) atoms. The highest BCUT2D eigenvalue weighted by atomic mass is 79.9. The molecule has 1 amide bonds. The number of anilines is 1. The first-order chi connectivity index (χ1) is 14.4. The number of hydrogen-bond acceptors (Lipinski definition) is 5. The largest absolute Gasteiger partial charge is 0.490 e. The number of ether oxygens (including phenoxy) is 3. The lowest BCUT2D eigenvalue weighted by Gasteiger charge is -2.16. The summed E-state index contributed by atoms with van der Waals surface area (Å²) in [5.74, 6) is 1.02. The Labute approximate surface area is 190 Å². The standard InChI is InChI=1S/C22H25BrN2O4S/c1-14(2)29-19-10-9-15(12-17(19)23)21(26)25-22(30)24-18-7-3-4-8-20(18)28-13-16-6-5-11-27-16/h3-4,7-10,12,14,16H,5-6,11,13H2,1-2H3,(H2,24,25,26,30). The number of para-hydroxylation sites is 2. The Morgan fingerprint density at radius 3 is 2.77 bits per heavy atom. The fraction of sp³-hybridized carbons (Fsp3) is 0.364. The van der Waals surface area contributed by atoms with E-state index < -0.39 is 0 Å². The van der Waals surface area contributed by atoms with Crippen LogP contribution in [0.4, 0.5) is 5.69 Å². The molecule has 0 radical (unpaired) electrons. The van der Waals surface area contributed by atoms with Crippen molar-refractivity contribution in [3.05, 3.63) is 52.5 Å². The minimum atomic E-state index is -0.318. The first kappa shape index (κ1) is 22.5. The van der Waals surface area contributed by atoms with Crippen LogP contribution in [0, 0.1) is 0 Å². The van der Waals surface area contributed by atoms with E-state index in [2.05, 4.69) is 26.6 Å². The van der Waals surface area contributed by atoms with Crippen molar-refractivity contribution in [1.29, 1.82) is 0 Å². The van der Waals surface area contributed by atoms with Crippen molar-refractivity contribution in [2.45, 2.75) is 38.9 Å². The van der Waals surface area contributed by atoms with Gasteiger partial charge >= 0.3 is 0 Å². The molecule has 0 aliphatic carbocycles. The fourth-order valence-electron chi connectivity index (χ4n) is 2.97. The highest BCUT2D eigenvalue weighted by Crippen LogP contribution is 2.27. The zero-order chi connectivity index (χ0) is 21.5. The maximum absolute atomic E-state index is 12.6. The van der Waals surface area contributed by atoms with Gasteiger partial charge in [0.1, 0.15) is 18.1 Å². The highest BCUT2D eigenvalue weighted by molar-refractivity contribution is 9.10. The van der Waals surface area contributed by atoms with Crippen molar-refractivity contribution >= 4 is 44.9 Å². The number of benzene rings is 2. The quantitative estimate of drug-likeness (QED) is 0.534. The smallest absolute Gasteiger partial charge is 0.257 e. The number of carbonyl (C=O) groups excluding carboxylic acids is 1. The van der Waals surface area contributed by atoms with Crippen LogP contribution in [0.3, 0.4) is 0 Å². The van der Waals surface area contributed by atoms with E-state index in [1.165, 1.54) is 0 Å². The fourth-order valence-corrected chi connectivity index (χ4v) is 3.65. The average molecular weight is 493 g/mol. The monoisotopic (exact) mass is 492 g/mol. The Morgan fingerprint density at radius 1 is 1.27 bits per heavy atom. The van der Waals surface area contributed by atoms with Crippen LogP contribution < -0.4 is 20.1 Å². The van der Waals surface area contributed by atoms with Gasteiger partial charge in [-0.25, -0.2) is 0 Å². The van der Waals surface area contributed by atoms with Crippen LogP contribution >= 0.6 is 28.1 Å². The lowest BCUT2D eigenvalue weighted by molar-refractivity contribution is 0.0682. The van der Waals surface area contributed by atoms with Gasteiger partial charge in [-0.3, -0.25) is 10.1 Å². The van der Waals surface area contributed by atoms with Gasteiger partial charge in [-0.05, 0) is 85.2 Å². The van der Waals surface area contributed by atoms with E-state index in [1.54, 1.807) is 18.2 Å². The number of rotatable bonds is 7. The highest BCUT2D eigenvalue weighted by Gasteiger charge is 2.17. The second-order valence-electron chi connectivity index (χ2n) is 7.16. The van der Waals surface area contributed by atoms with Crippen molar-refractivity contribution < 1.29 is 19.0 Å². The Bertz CT molecular complexity index is 900. The molecule has 0 spiro atoms. The second-order valence-corrected chi connectivity index (χ2v) is 8.42. The molecule has 1 heterocycles. The van der Waals surface area contributed by atoms with Gasteiger partial charge in [0.25, 0.3) is 5.91 Å². The van der Waals surface area contributed by atoms with Crippen LogP contribution in [0.15, 0.2) is 46.9 Å². The molecule has 160 valence electrons. The van der Waals surface area contributed by atoms with Crippen LogP contribution in [-0.2, 0) is 4.74 Å². The minimum absolute atomic E-state index is 0.0419. The molecular weight excluding hydrogens is 468 g/mol. The third kappa shape index (κ3) is 6.42. The van der Waals surface area contributed by atoms with Crippen molar-refractivity contribution in [2.24, 2.45) is 0 Å². The number of halogens is 1. The van der Waals surface area contributed by atoms with E-state index in [9.17, 15) is 4.79 Å². The molecule has 1 saturated heterocycles. The van der Waals surface area contributed by atoms with Gasteiger partial charge in [0.05, 0.1) is 22.4 Å². The third-order valence-corrected chi connectivity index (χ3v) is 5.19. The molecule has 0 aromatic heterocycles. The molecule has 0 bridgehead atoms. The average Bonchev–Trinajstić information content (AvgIpc) is 3.22. The van der Waals surface area contributed by atoms with Crippen LogP contribution in [0.1, 0.15) is 37.0 Å². The summed E-state index contributed by atoms with van der Waals surface area (Å²) in [5.41, 5.74) is 1.15. The van der Waals surface area contributed by atoms with E-state index in [4.69, 9.17) is 26.4 Å². The van der Waals surface area contributed by atoms with Crippen molar-refractivity contribution in [3.8, 4) is 11.5 Å². The van der Waals surface area contributed by atoms with Crippen molar-refractivity contribution in [2.75, 3.05) is 18.5 Å². The lowest BCUT2D eigenvalue weighted by atomic mass is 10.2. The zero-order valence-corrected chi connectivity index (χ0v) is 19.3. The van der Waals surface area contributed by atoms with Crippen LogP contribution in [-0.4, -0.2) is 36.4 Å². The summed E-state index contributed by atoms with van der Waals surface area (Å²) in [6.07, 6.45) is 2.22. The first-order valence-electron chi connectivity index (χ1n) is 9.84. The molecule has 8 heteroatoms. The predicted octanol–water partition coefficient (Wildman–Crippen LogP) is 4.92. The number of thiocarbonyl (C=S) groups is 1. The van der Waals surface area contributed by atoms with Gasteiger partial charge in [-0.1, -0.05) is 12.1 Å². The number of carbonyl (C=O) groups is 1. The van der Waals surface area contributed by atoms with Gasteiger partial charge in [0, 0.05) is 12.2 Å². The Kier molecular flexibility index (Phi) is 8.07. The minimum Gasteiger partial charge on any atom is -0.490 e. The SMILES string of the molecule is CC(C)Oc1ccc(C(=O)NC(=S)Nc2ccccc2OCC2CCCO2)cc1Br. The summed E-state index contributed by atoms with van der Waals surface area (Å²) in [4.78, 5) is 12.6. The van der Waals surface area contributed by atoms with E-state index >= 15 is 0 Å². The van der Waals surface area contributed by atoms with E-state index in [0.717, 1.165) is 19.4 Å². The number of nitrogens with one attached hydrogen (secondary N) is 2. The normalized spacial score (nSPS) is 15.7. The van der Waals surface area contributed by atoms with Gasteiger partial charge in [-0.2, -0.15) is 0 Å². The summed E-state index contributed by atoms with van der Waals surface area (Å²) in [7, 11) is 0. The number of hydrogen-bond donors (Lipinski definition) is 2. The van der Waals surface area contributed by atoms with Gasteiger partial charge in [-0.15, -0.1) is 0 Å². The maximum Gasteiger partial charge on any atom is 0.257 e. The maximum atomic E-state index is 12.6. The molecule has 1 unspecified atom stereocenters. The molecule has 1 aliphatic heterocycles. The van der Waals surface area contributed by atoms with Crippen molar-refractivity contribution in [1.82, 2.24) is 5.32 Å². The second kappa shape index (κ2) is 10.7. The third-order valence-electron chi connectivity index (χ3n) is 4.37. The number of amides is 1. The van der Waals surface area contributed by atoms with Gasteiger partial charge in [0.2, 0.25) is 0 Å². The van der Waals surface area contributed by atoms with Crippen LogP contribution in [0.25, 0.3) is 0 Å². The zero-order valence-electron chi connectivity index (χ0n) is 16.9. The predicted molar refractivity (Wildman–Crippen MR) is 125 cm³/mol. The molecule has 2 aromatic rings. The van der Waals surface area contributed by atoms with E-state index in [0.29, 0.717) is 33.8 Å². The summed E-state index contributed by atoms with van der Waals surface area (Å²) in [6.45, 7) is 5.15. The molecule has 1 atom stereocenters. The summed E-state index contributed by atoms with van der Waals surface area (Å²) in [6, 6.07) is 12.6. The van der Waals surface area contributed by atoms with E-state index in [-0.39, 0.29) is 23.2 Å².